The van der Waals surface area contributed by atoms with E-state index in [9.17, 15) is 9.18 Å². The molecule has 2 rings (SSSR count). The van der Waals surface area contributed by atoms with E-state index in [0.717, 1.165) is 6.42 Å². The first-order chi connectivity index (χ1) is 7.13. The number of halogens is 1. The van der Waals surface area contributed by atoms with Gasteiger partial charge in [0.2, 0.25) is 0 Å². The summed E-state index contributed by atoms with van der Waals surface area (Å²) in [5.74, 6) is 0.540. The van der Waals surface area contributed by atoms with E-state index >= 15 is 0 Å². The zero-order valence-corrected chi connectivity index (χ0v) is 8.79. The van der Waals surface area contributed by atoms with E-state index in [-0.39, 0.29) is 11.7 Å². The average Bonchev–Trinajstić information content (AvgIpc) is 2.94. The van der Waals surface area contributed by atoms with E-state index in [2.05, 4.69) is 0 Å². The zero-order chi connectivity index (χ0) is 11.0. The Balaban J connectivity index is 2.33. The third-order valence-corrected chi connectivity index (χ3v) is 2.87. The van der Waals surface area contributed by atoms with Gasteiger partial charge in [-0.25, -0.2) is 4.39 Å². The molecule has 0 spiro atoms. The van der Waals surface area contributed by atoms with Crippen molar-refractivity contribution in [2.75, 3.05) is 7.11 Å². The van der Waals surface area contributed by atoms with Gasteiger partial charge < -0.3 is 4.74 Å². The summed E-state index contributed by atoms with van der Waals surface area (Å²) in [6.45, 7) is 2.02. The van der Waals surface area contributed by atoms with Gasteiger partial charge in [0, 0.05) is 5.92 Å². The van der Waals surface area contributed by atoms with Crippen LogP contribution in [0.5, 0.6) is 5.75 Å². The van der Waals surface area contributed by atoms with Gasteiger partial charge >= 0.3 is 0 Å². The SMILES string of the molecule is COc1ccc(F)cc1C(=O)C1CC1C. The third kappa shape index (κ3) is 1.87. The van der Waals surface area contributed by atoms with Crippen LogP contribution in [0, 0.1) is 17.7 Å². The maximum atomic E-state index is 13.0. The van der Waals surface area contributed by atoms with E-state index in [4.69, 9.17) is 4.74 Å². The number of carbonyl (C=O) groups is 1. The van der Waals surface area contributed by atoms with Crippen LogP contribution in [-0.4, -0.2) is 12.9 Å². The van der Waals surface area contributed by atoms with Crippen molar-refractivity contribution >= 4 is 5.78 Å². The molecule has 1 fully saturated rings. The highest BCUT2D eigenvalue weighted by Crippen LogP contribution is 2.41. The van der Waals surface area contributed by atoms with Gasteiger partial charge in [-0.15, -0.1) is 0 Å². The molecule has 1 aromatic carbocycles. The first-order valence-corrected chi connectivity index (χ1v) is 5.01. The predicted octanol–water partition coefficient (Wildman–Crippen LogP) is 2.67. The number of rotatable bonds is 3. The Kier molecular flexibility index (Phi) is 2.47. The van der Waals surface area contributed by atoms with Gasteiger partial charge in [-0.2, -0.15) is 0 Å². The molecule has 1 aliphatic rings. The Labute approximate surface area is 88.1 Å². The van der Waals surface area contributed by atoms with Crippen LogP contribution >= 0.6 is 0 Å². The van der Waals surface area contributed by atoms with Crippen LogP contribution in [0.25, 0.3) is 0 Å². The summed E-state index contributed by atoms with van der Waals surface area (Å²) in [5.41, 5.74) is 0.367. The minimum absolute atomic E-state index is 0.00106. The van der Waals surface area contributed by atoms with Gasteiger partial charge in [0.15, 0.2) is 5.78 Å². The lowest BCUT2D eigenvalue weighted by molar-refractivity contribution is 0.0959. The third-order valence-electron chi connectivity index (χ3n) is 2.87. The van der Waals surface area contributed by atoms with Crippen molar-refractivity contribution in [2.24, 2.45) is 11.8 Å². The molecule has 80 valence electrons. The van der Waals surface area contributed by atoms with Crippen LogP contribution in [0.2, 0.25) is 0 Å². The second kappa shape index (κ2) is 3.65. The molecular formula is C12H13FO2. The Morgan fingerprint density at radius 2 is 2.20 bits per heavy atom. The van der Waals surface area contributed by atoms with Gasteiger partial charge in [0.25, 0.3) is 0 Å². The van der Waals surface area contributed by atoms with E-state index in [1.54, 1.807) is 0 Å². The van der Waals surface area contributed by atoms with Gasteiger partial charge in [0.05, 0.1) is 12.7 Å². The minimum atomic E-state index is -0.396. The van der Waals surface area contributed by atoms with Crippen molar-refractivity contribution < 1.29 is 13.9 Å². The van der Waals surface area contributed by atoms with E-state index in [1.807, 2.05) is 6.92 Å². The summed E-state index contributed by atoms with van der Waals surface area (Å²) in [7, 11) is 1.49. The molecule has 0 aliphatic heterocycles. The Morgan fingerprint density at radius 3 is 2.73 bits per heavy atom. The average molecular weight is 208 g/mol. The Hall–Kier alpha value is -1.38. The predicted molar refractivity (Wildman–Crippen MR) is 54.6 cm³/mol. The number of Topliss-reactive ketones (excluding diaryl/α,β-unsaturated/α-hetero) is 1. The van der Waals surface area contributed by atoms with Crippen molar-refractivity contribution in [1.29, 1.82) is 0 Å². The minimum Gasteiger partial charge on any atom is -0.496 e. The normalized spacial score (nSPS) is 23.7. The maximum Gasteiger partial charge on any atom is 0.170 e. The molecule has 1 aliphatic carbocycles. The van der Waals surface area contributed by atoms with Crippen LogP contribution in [0.15, 0.2) is 18.2 Å². The number of ketones is 1. The Morgan fingerprint density at radius 1 is 1.53 bits per heavy atom. The highest BCUT2D eigenvalue weighted by Gasteiger charge is 2.40. The molecule has 0 bridgehead atoms. The fraction of sp³-hybridized carbons (Fsp3) is 0.417. The summed E-state index contributed by atoms with van der Waals surface area (Å²) in [6.07, 6.45) is 0.901. The molecule has 1 aromatic rings. The molecule has 0 heterocycles. The van der Waals surface area contributed by atoms with E-state index < -0.39 is 5.82 Å². The highest BCUT2D eigenvalue weighted by molar-refractivity contribution is 6.01. The standard InChI is InChI=1S/C12H13FO2/c1-7-5-9(7)12(14)10-6-8(13)3-4-11(10)15-2/h3-4,6-7,9H,5H2,1-2H3. The lowest BCUT2D eigenvalue weighted by Crippen LogP contribution is -2.05. The number of benzene rings is 1. The number of carbonyl (C=O) groups excluding carboxylic acids is 1. The van der Waals surface area contributed by atoms with Crippen molar-refractivity contribution in [3.8, 4) is 5.75 Å². The molecule has 0 aromatic heterocycles. The van der Waals surface area contributed by atoms with Gasteiger partial charge in [-0.3, -0.25) is 4.79 Å². The second-order valence-electron chi connectivity index (χ2n) is 4.03. The van der Waals surface area contributed by atoms with E-state index in [1.165, 1.54) is 25.3 Å². The molecule has 0 amide bonds. The van der Waals surface area contributed by atoms with Crippen molar-refractivity contribution in [1.82, 2.24) is 0 Å². The molecular weight excluding hydrogens is 195 g/mol. The lowest BCUT2D eigenvalue weighted by atomic mass is 10.0. The number of hydrogen-bond donors (Lipinski definition) is 0. The van der Waals surface area contributed by atoms with Gasteiger partial charge in [0.1, 0.15) is 11.6 Å². The van der Waals surface area contributed by atoms with Crippen LogP contribution in [0.3, 0.4) is 0 Å². The molecule has 2 unspecified atom stereocenters. The van der Waals surface area contributed by atoms with Crippen LogP contribution in [-0.2, 0) is 0 Å². The highest BCUT2D eigenvalue weighted by atomic mass is 19.1. The van der Waals surface area contributed by atoms with Gasteiger partial charge in [-0.05, 0) is 30.5 Å². The largest absolute Gasteiger partial charge is 0.496 e. The Bertz CT molecular complexity index is 401. The first kappa shape index (κ1) is 10.1. The number of ether oxygens (including phenoxy) is 1. The second-order valence-corrected chi connectivity index (χ2v) is 4.03. The van der Waals surface area contributed by atoms with Crippen LogP contribution in [0.1, 0.15) is 23.7 Å². The lowest BCUT2D eigenvalue weighted by Gasteiger charge is -2.06. The fourth-order valence-electron chi connectivity index (χ4n) is 1.76. The molecule has 2 atom stereocenters. The first-order valence-electron chi connectivity index (χ1n) is 5.01. The van der Waals surface area contributed by atoms with Crippen molar-refractivity contribution in [2.45, 2.75) is 13.3 Å². The van der Waals surface area contributed by atoms with Crippen LogP contribution in [0.4, 0.5) is 4.39 Å². The van der Waals surface area contributed by atoms with E-state index in [0.29, 0.717) is 17.2 Å². The molecule has 0 radical (unpaired) electrons. The molecule has 0 saturated heterocycles. The summed E-state index contributed by atoms with van der Waals surface area (Å²) in [6, 6.07) is 4.05. The monoisotopic (exact) mass is 208 g/mol. The molecule has 0 N–H and O–H groups in total. The molecule has 2 nitrogen and oxygen atoms in total. The van der Waals surface area contributed by atoms with Gasteiger partial charge in [-0.1, -0.05) is 6.92 Å². The maximum absolute atomic E-state index is 13.0. The fourth-order valence-corrected chi connectivity index (χ4v) is 1.76. The summed E-state index contributed by atoms with van der Waals surface area (Å²) in [4.78, 5) is 11.9. The quantitative estimate of drug-likeness (QED) is 0.714. The number of methoxy groups -OCH3 is 1. The topological polar surface area (TPSA) is 26.3 Å². The molecule has 3 heteroatoms. The summed E-state index contributed by atoms with van der Waals surface area (Å²) in [5, 5.41) is 0. The van der Waals surface area contributed by atoms with Crippen molar-refractivity contribution in [3.63, 3.8) is 0 Å². The van der Waals surface area contributed by atoms with Crippen LogP contribution < -0.4 is 4.74 Å². The zero-order valence-electron chi connectivity index (χ0n) is 8.79. The van der Waals surface area contributed by atoms with Crippen molar-refractivity contribution in [3.05, 3.63) is 29.6 Å². The number of hydrogen-bond acceptors (Lipinski definition) is 2. The summed E-state index contributed by atoms with van der Waals surface area (Å²) >= 11 is 0. The smallest absolute Gasteiger partial charge is 0.170 e. The summed E-state index contributed by atoms with van der Waals surface area (Å²) < 4.78 is 18.1. The molecule has 15 heavy (non-hydrogen) atoms. The molecule has 1 saturated carbocycles.